The summed E-state index contributed by atoms with van der Waals surface area (Å²) in [6.07, 6.45) is -0.881. The van der Waals surface area contributed by atoms with Crippen LogP contribution in [0, 0.1) is 5.82 Å². The molecule has 2 aliphatic heterocycles. The van der Waals surface area contributed by atoms with Gasteiger partial charge in [-0.05, 0) is 36.8 Å². The van der Waals surface area contributed by atoms with Crippen LogP contribution >= 0.6 is 27.7 Å². The van der Waals surface area contributed by atoms with Gasteiger partial charge in [0.15, 0.2) is 0 Å². The summed E-state index contributed by atoms with van der Waals surface area (Å²) in [4.78, 5) is 14.1. The molecule has 2 heterocycles. The fourth-order valence-corrected chi connectivity index (χ4v) is 4.72. The summed E-state index contributed by atoms with van der Waals surface area (Å²) in [6.45, 7) is 0.374. The van der Waals surface area contributed by atoms with E-state index in [1.54, 1.807) is 35.2 Å². The predicted octanol–water partition coefficient (Wildman–Crippen LogP) is 3.01. The normalized spacial score (nSPS) is 24.1. The molecule has 1 fully saturated rings. The molecule has 9 heteroatoms. The maximum absolute atomic E-state index is 14.2. The Morgan fingerprint density at radius 1 is 1.38 bits per heavy atom. The Kier molecular flexibility index (Phi) is 5.74. The van der Waals surface area contributed by atoms with Crippen molar-refractivity contribution in [2.75, 3.05) is 35.7 Å². The molecular weight excluding hydrogens is 463 g/mol. The molecule has 2 aliphatic rings. The summed E-state index contributed by atoms with van der Waals surface area (Å²) >= 11 is 4.61. The molecule has 0 spiro atoms. The van der Waals surface area contributed by atoms with Gasteiger partial charge in [-0.25, -0.2) is 4.39 Å². The second-order valence-electron chi connectivity index (χ2n) is 7.17. The second kappa shape index (κ2) is 8.14. The Morgan fingerprint density at radius 3 is 2.97 bits per heavy atom. The lowest BCUT2D eigenvalue weighted by Gasteiger charge is -2.42. The maximum Gasteiger partial charge on any atom is 0.234 e. The maximum atomic E-state index is 14.2. The lowest BCUT2D eigenvalue weighted by molar-refractivity contribution is -0.114. The predicted molar refractivity (Wildman–Crippen MR) is 113 cm³/mol. The number of amides is 1. The number of thioether (sulfide) groups is 1. The van der Waals surface area contributed by atoms with Crippen LogP contribution in [0.25, 0.3) is 0 Å². The summed E-state index contributed by atoms with van der Waals surface area (Å²) in [5.74, 6) is 0.396. The molecule has 29 heavy (non-hydrogen) atoms. The van der Waals surface area contributed by atoms with Crippen molar-refractivity contribution >= 4 is 45.0 Å². The van der Waals surface area contributed by atoms with E-state index in [1.807, 2.05) is 0 Å². The Bertz CT molecular complexity index is 947. The van der Waals surface area contributed by atoms with Gasteiger partial charge in [0.2, 0.25) is 5.91 Å². The van der Waals surface area contributed by atoms with E-state index >= 15 is 0 Å². The van der Waals surface area contributed by atoms with Crippen LogP contribution in [-0.4, -0.2) is 53.3 Å². The van der Waals surface area contributed by atoms with Gasteiger partial charge in [0.1, 0.15) is 29.9 Å². The molecule has 1 saturated heterocycles. The number of β-amino-alcohol motifs (C(OH)–C–C–N with tert-alkyl or cyclic N) is 1. The monoisotopic (exact) mass is 482 g/mol. The quantitative estimate of drug-likeness (QED) is 0.621. The fourth-order valence-electron chi connectivity index (χ4n) is 3.49. The number of ether oxygens (including phenoxy) is 1. The topological polar surface area (TPSA) is 82.0 Å². The summed E-state index contributed by atoms with van der Waals surface area (Å²) in [6, 6.07) is 10.1. The van der Waals surface area contributed by atoms with Crippen molar-refractivity contribution in [1.29, 1.82) is 0 Å². The Hall–Kier alpha value is -1.81. The molecule has 2 atom stereocenters. The summed E-state index contributed by atoms with van der Waals surface area (Å²) in [7, 11) is 0. The Balaban J connectivity index is 1.44. The van der Waals surface area contributed by atoms with E-state index in [0.717, 1.165) is 4.90 Å². The van der Waals surface area contributed by atoms with E-state index in [9.17, 15) is 19.4 Å². The molecule has 0 unspecified atom stereocenters. The summed E-state index contributed by atoms with van der Waals surface area (Å²) in [5, 5.41) is 24.3. The van der Waals surface area contributed by atoms with Gasteiger partial charge < -0.3 is 25.2 Å². The Labute approximate surface area is 180 Å². The zero-order valence-corrected chi connectivity index (χ0v) is 17.8. The average molecular weight is 483 g/mol. The van der Waals surface area contributed by atoms with E-state index in [1.165, 1.54) is 17.8 Å². The van der Waals surface area contributed by atoms with Crippen molar-refractivity contribution in [3.8, 4) is 5.75 Å². The van der Waals surface area contributed by atoms with Gasteiger partial charge in [-0.3, -0.25) is 4.79 Å². The smallest absolute Gasteiger partial charge is 0.234 e. The molecule has 2 aromatic carbocycles. The van der Waals surface area contributed by atoms with Crippen LogP contribution in [0.2, 0.25) is 0 Å². The van der Waals surface area contributed by atoms with Crippen LogP contribution in [0.3, 0.4) is 0 Å². The first kappa shape index (κ1) is 20.5. The van der Waals surface area contributed by atoms with Crippen molar-refractivity contribution in [1.82, 2.24) is 0 Å². The molecule has 0 aliphatic carbocycles. The van der Waals surface area contributed by atoms with Gasteiger partial charge in [0.05, 0.1) is 22.0 Å². The third-order valence-electron chi connectivity index (χ3n) is 5.16. The van der Waals surface area contributed by atoms with E-state index in [2.05, 4.69) is 21.2 Å². The number of hydrogen-bond acceptors (Lipinski definition) is 6. The van der Waals surface area contributed by atoms with Gasteiger partial charge in [0, 0.05) is 17.6 Å². The van der Waals surface area contributed by atoms with Crippen LogP contribution in [0.5, 0.6) is 5.75 Å². The lowest BCUT2D eigenvalue weighted by atomic mass is 9.89. The number of rotatable bonds is 4. The van der Waals surface area contributed by atoms with Gasteiger partial charge >= 0.3 is 0 Å². The number of nitrogens with one attached hydrogen (secondary N) is 1. The lowest BCUT2D eigenvalue weighted by Crippen LogP contribution is -2.58. The van der Waals surface area contributed by atoms with Crippen molar-refractivity contribution in [3.63, 3.8) is 0 Å². The number of benzene rings is 2. The highest BCUT2D eigenvalue weighted by molar-refractivity contribution is 9.10. The molecule has 154 valence electrons. The molecule has 1 amide bonds. The van der Waals surface area contributed by atoms with E-state index in [4.69, 9.17) is 4.74 Å². The number of hydrogen-bond donors (Lipinski definition) is 3. The zero-order chi connectivity index (χ0) is 20.6. The van der Waals surface area contributed by atoms with Crippen molar-refractivity contribution in [2.45, 2.75) is 23.0 Å². The molecule has 0 bridgehead atoms. The average Bonchev–Trinajstić information content (AvgIpc) is 2.68. The zero-order valence-electron chi connectivity index (χ0n) is 15.4. The number of aliphatic hydroxyl groups is 2. The molecule has 6 nitrogen and oxygen atoms in total. The Morgan fingerprint density at radius 2 is 2.21 bits per heavy atom. The number of carbonyl (C=O) groups excluding carboxylic acids is 1. The van der Waals surface area contributed by atoms with E-state index in [-0.39, 0.29) is 31.3 Å². The largest absolute Gasteiger partial charge is 0.489 e. The van der Waals surface area contributed by atoms with Gasteiger partial charge in [-0.1, -0.05) is 22.0 Å². The highest BCUT2D eigenvalue weighted by Crippen LogP contribution is 2.39. The first-order valence-electron chi connectivity index (χ1n) is 9.15. The van der Waals surface area contributed by atoms with E-state index in [0.29, 0.717) is 33.9 Å². The molecule has 3 N–H and O–H groups in total. The minimum atomic E-state index is -1.45. The van der Waals surface area contributed by atoms with Crippen LogP contribution < -0.4 is 15.0 Å². The minimum absolute atomic E-state index is 0.0683. The standard InChI is InChI=1S/C20H20BrFN2O4S/c21-12-4-5-15(13(22)8-12)24-7-6-20(27,17(25)9-24)11-28-16-3-1-2-14-19(16)29-10-18(26)23-14/h1-5,8,17,25,27H,6-7,9-11H2,(H,23,26)/t17-,20-/m1/s1. The number of carbonyl (C=O) groups is 1. The second-order valence-corrected chi connectivity index (χ2v) is 9.07. The molecular formula is C20H20BrFN2O4S. The number of nitrogens with zero attached hydrogens (tertiary/aromatic N) is 1. The number of fused-ring (bicyclic) bond motifs is 1. The van der Waals surface area contributed by atoms with Gasteiger partial charge in [-0.2, -0.15) is 0 Å². The number of aliphatic hydroxyl groups excluding tert-OH is 1. The first-order valence-corrected chi connectivity index (χ1v) is 10.9. The van der Waals surface area contributed by atoms with Gasteiger partial charge in [0.25, 0.3) is 0 Å². The molecule has 0 saturated carbocycles. The third-order valence-corrected chi connectivity index (χ3v) is 6.77. The van der Waals surface area contributed by atoms with Crippen LogP contribution in [-0.2, 0) is 4.79 Å². The number of piperidine rings is 1. The SMILES string of the molecule is O=C1CSc2c(cccc2OC[C@]2(O)CCN(c3ccc(Br)cc3F)C[C@H]2O)N1. The van der Waals surface area contributed by atoms with Gasteiger partial charge in [-0.15, -0.1) is 11.8 Å². The van der Waals surface area contributed by atoms with Crippen LogP contribution in [0.1, 0.15) is 6.42 Å². The molecule has 2 aromatic rings. The number of halogens is 2. The third kappa shape index (κ3) is 4.23. The van der Waals surface area contributed by atoms with Crippen molar-refractivity contribution in [3.05, 3.63) is 46.7 Å². The first-order chi connectivity index (χ1) is 13.9. The van der Waals surface area contributed by atoms with Crippen LogP contribution in [0.15, 0.2) is 45.8 Å². The van der Waals surface area contributed by atoms with E-state index < -0.39 is 11.7 Å². The highest BCUT2D eigenvalue weighted by Gasteiger charge is 2.42. The van der Waals surface area contributed by atoms with Crippen LogP contribution in [0.4, 0.5) is 15.8 Å². The summed E-state index contributed by atoms with van der Waals surface area (Å²) < 4.78 is 20.7. The molecule has 0 radical (unpaired) electrons. The van der Waals surface area contributed by atoms with Crippen molar-refractivity contribution < 1.29 is 24.1 Å². The van der Waals surface area contributed by atoms with Crippen molar-refractivity contribution in [2.24, 2.45) is 0 Å². The molecule has 0 aromatic heterocycles. The highest BCUT2D eigenvalue weighted by atomic mass is 79.9. The fraction of sp³-hybridized carbons (Fsp3) is 0.350. The summed E-state index contributed by atoms with van der Waals surface area (Å²) in [5.41, 5.74) is -0.385. The molecule has 4 rings (SSSR count). The minimum Gasteiger partial charge on any atom is -0.489 e. The number of anilines is 2.